The van der Waals surface area contributed by atoms with Crippen LogP contribution in [0.25, 0.3) is 11.4 Å². The summed E-state index contributed by atoms with van der Waals surface area (Å²) in [5, 5.41) is 15.2. The summed E-state index contributed by atoms with van der Waals surface area (Å²) in [6.45, 7) is 10.8. The zero-order chi connectivity index (χ0) is 34.0. The number of pyridine rings is 1. The van der Waals surface area contributed by atoms with Gasteiger partial charge in [-0.1, -0.05) is 32.8 Å². The number of anilines is 1. The van der Waals surface area contributed by atoms with Gasteiger partial charge >= 0.3 is 12.1 Å². The highest BCUT2D eigenvalue weighted by Gasteiger charge is 2.37. The molecule has 2 aromatic heterocycles. The number of rotatable bonds is 12. The summed E-state index contributed by atoms with van der Waals surface area (Å²) < 4.78 is 57.8. The second-order valence-electron chi connectivity index (χ2n) is 9.87. The van der Waals surface area contributed by atoms with E-state index in [9.17, 15) is 27.2 Å². The number of aromatic nitrogens is 3. The maximum atomic E-state index is 14.1. The first-order valence-electron chi connectivity index (χ1n) is 13.7. The minimum Gasteiger partial charge on any atom is -0.481 e. The molecule has 0 amide bonds. The van der Waals surface area contributed by atoms with Crippen LogP contribution in [-0.4, -0.2) is 65.4 Å². The fourth-order valence-electron chi connectivity index (χ4n) is 3.03. The van der Waals surface area contributed by atoms with E-state index in [-0.39, 0.29) is 25.4 Å². The number of unbranched alkanes of at least 4 members (excludes halogenated alkanes) is 1. The first-order valence-corrected chi connectivity index (χ1v) is 13.7. The van der Waals surface area contributed by atoms with E-state index in [0.29, 0.717) is 16.8 Å². The molecule has 3 aromatic rings. The maximum Gasteiger partial charge on any atom is 0.435 e. The van der Waals surface area contributed by atoms with Gasteiger partial charge in [-0.25, -0.2) is 14.1 Å². The monoisotopic (exact) mass is 634 g/mol. The number of nitrogens with zero attached hydrogens (tertiary/aromatic N) is 5. The van der Waals surface area contributed by atoms with Crippen molar-refractivity contribution in [3.63, 3.8) is 0 Å². The van der Waals surface area contributed by atoms with Gasteiger partial charge < -0.3 is 15.2 Å². The van der Waals surface area contributed by atoms with Gasteiger partial charge in [0.25, 0.3) is 0 Å². The number of aliphatic imine (C=N–C) groups is 2. The molecule has 0 spiro atoms. The molecule has 0 saturated carbocycles. The van der Waals surface area contributed by atoms with Crippen molar-refractivity contribution in [2.45, 2.75) is 46.7 Å². The number of nitrogens with one attached hydrogen (secondary N) is 1. The number of carbonyl (C=O) groups is 2. The molecule has 244 valence electrons. The van der Waals surface area contributed by atoms with Crippen LogP contribution in [0.3, 0.4) is 0 Å². The summed E-state index contributed by atoms with van der Waals surface area (Å²) in [4.78, 5) is 33.0. The smallest absolute Gasteiger partial charge is 0.435 e. The second-order valence-corrected chi connectivity index (χ2v) is 9.87. The third kappa shape index (κ3) is 12.8. The molecule has 10 nitrogen and oxygen atoms in total. The molecule has 14 heteroatoms. The van der Waals surface area contributed by atoms with Crippen LogP contribution in [-0.2, 0) is 15.7 Å². The lowest BCUT2D eigenvalue weighted by Gasteiger charge is -2.17. The van der Waals surface area contributed by atoms with Crippen LogP contribution in [0, 0.1) is 11.2 Å². The van der Waals surface area contributed by atoms with Gasteiger partial charge in [-0.2, -0.15) is 18.3 Å². The number of ether oxygens (including phenoxy) is 1. The summed E-state index contributed by atoms with van der Waals surface area (Å²) in [6, 6.07) is 9.43. The third-order valence-corrected chi connectivity index (χ3v) is 5.76. The van der Waals surface area contributed by atoms with Crippen LogP contribution in [0.15, 0.2) is 65.0 Å². The molecular formula is C31H38F4N6O4. The Hall–Kier alpha value is -4.72. The number of alkyl halides is 3. The zero-order valence-electron chi connectivity index (χ0n) is 25.8. The minimum atomic E-state index is -4.66. The Bertz CT molecular complexity index is 1440. The normalized spacial score (nSPS) is 11.6. The second kappa shape index (κ2) is 18.8. The Balaban J connectivity index is 0.000000418. The predicted molar refractivity (Wildman–Crippen MR) is 167 cm³/mol. The standard InChI is InChI=1S/C17H22FN3O3.C10H6F3N3O.C4H10/c1-17(2,16(22)23)10-24-11-21-9-12(8-19-3)14-6-5-13(20-4)7-15(14)18;11-10(12,13)9-7(6-17)5-16(15-9)8-3-1-2-4-14-8;1-3-4-2/h5-9,20H,3,10-11H2,1-2,4H3,(H,22,23);1-6H;3-4H2,1-2H3/b12-8+,21-9-;;. The molecule has 0 aliphatic heterocycles. The molecule has 0 fully saturated rings. The highest BCUT2D eigenvalue weighted by molar-refractivity contribution is 6.10. The van der Waals surface area contributed by atoms with Crippen molar-refractivity contribution in [3.05, 3.63) is 77.6 Å². The molecule has 0 unspecified atom stereocenters. The summed E-state index contributed by atoms with van der Waals surface area (Å²) in [5.41, 5.74) is -1.30. The third-order valence-electron chi connectivity index (χ3n) is 5.76. The van der Waals surface area contributed by atoms with Crippen LogP contribution in [0.4, 0.5) is 23.2 Å². The van der Waals surface area contributed by atoms with Crippen molar-refractivity contribution in [1.82, 2.24) is 14.8 Å². The lowest BCUT2D eigenvalue weighted by atomic mass is 9.95. The summed E-state index contributed by atoms with van der Waals surface area (Å²) in [5.74, 6) is -1.16. The fraction of sp³-hybridized carbons (Fsp3) is 0.355. The van der Waals surface area contributed by atoms with Gasteiger partial charge in [0, 0.05) is 48.7 Å². The van der Waals surface area contributed by atoms with Gasteiger partial charge in [-0.3, -0.25) is 19.6 Å². The molecule has 0 aliphatic rings. The quantitative estimate of drug-likeness (QED) is 0.0952. The van der Waals surface area contributed by atoms with E-state index in [1.807, 2.05) is 0 Å². The van der Waals surface area contributed by atoms with Crippen LogP contribution >= 0.6 is 0 Å². The highest BCUT2D eigenvalue weighted by atomic mass is 19.4. The number of hydrogen-bond acceptors (Lipinski definition) is 8. The van der Waals surface area contributed by atoms with Crippen LogP contribution in [0.1, 0.15) is 62.2 Å². The maximum absolute atomic E-state index is 14.1. The average molecular weight is 635 g/mol. The van der Waals surface area contributed by atoms with Crippen molar-refractivity contribution in [3.8, 4) is 5.82 Å². The van der Waals surface area contributed by atoms with Crippen molar-refractivity contribution in [2.24, 2.45) is 15.4 Å². The van der Waals surface area contributed by atoms with Crippen molar-refractivity contribution in [2.75, 3.05) is 25.7 Å². The molecule has 0 saturated heterocycles. The van der Waals surface area contributed by atoms with E-state index >= 15 is 0 Å². The SMILES string of the molecule is C=N/C=C(\C=N/COCC(C)(C)C(=O)O)c1ccc(NC)cc1F.CCCC.O=Cc1cn(-c2ccccn2)nc1C(F)(F)F. The number of carboxylic acid groups (broad SMARTS) is 1. The largest absolute Gasteiger partial charge is 0.481 e. The van der Waals surface area contributed by atoms with Gasteiger partial charge in [0.2, 0.25) is 0 Å². The number of allylic oxidation sites excluding steroid dienone is 1. The van der Waals surface area contributed by atoms with Crippen molar-refractivity contribution < 1.29 is 37.0 Å². The minimum absolute atomic E-state index is 0.0175. The van der Waals surface area contributed by atoms with Crippen LogP contribution in [0.5, 0.6) is 0 Å². The van der Waals surface area contributed by atoms with Crippen molar-refractivity contribution in [1.29, 1.82) is 0 Å². The molecule has 0 radical (unpaired) electrons. The van der Waals surface area contributed by atoms with Crippen LogP contribution in [0.2, 0.25) is 0 Å². The fourth-order valence-corrected chi connectivity index (χ4v) is 3.03. The van der Waals surface area contributed by atoms with Crippen LogP contribution < -0.4 is 5.32 Å². The Kier molecular flexibility index (Phi) is 16.0. The van der Waals surface area contributed by atoms with Gasteiger partial charge in [0.15, 0.2) is 17.8 Å². The summed E-state index contributed by atoms with van der Waals surface area (Å²) in [7, 11) is 1.70. The first kappa shape index (κ1) is 38.3. The predicted octanol–water partition coefficient (Wildman–Crippen LogP) is 6.97. The zero-order valence-corrected chi connectivity index (χ0v) is 25.8. The summed E-state index contributed by atoms with van der Waals surface area (Å²) in [6.07, 6.45) is 3.33. The Morgan fingerprint density at radius 1 is 1.18 bits per heavy atom. The molecule has 0 aliphatic carbocycles. The van der Waals surface area contributed by atoms with E-state index in [1.54, 1.807) is 45.2 Å². The lowest BCUT2D eigenvalue weighted by Crippen LogP contribution is -2.29. The number of hydrogen-bond donors (Lipinski definition) is 2. The average Bonchev–Trinajstić information content (AvgIpc) is 3.47. The number of carboxylic acids is 1. The topological polar surface area (TPSA) is 131 Å². The molecular weight excluding hydrogens is 596 g/mol. The van der Waals surface area contributed by atoms with E-state index in [4.69, 9.17) is 9.84 Å². The number of aldehydes is 1. The van der Waals surface area contributed by atoms with Crippen molar-refractivity contribution >= 4 is 36.4 Å². The molecule has 1 aromatic carbocycles. The molecule has 3 rings (SSSR count). The van der Waals surface area contributed by atoms with Gasteiger partial charge in [-0.15, -0.1) is 0 Å². The van der Waals surface area contributed by atoms with E-state index < -0.39 is 34.6 Å². The Morgan fingerprint density at radius 2 is 1.87 bits per heavy atom. The van der Waals surface area contributed by atoms with E-state index in [0.717, 1.165) is 10.9 Å². The molecule has 2 N–H and O–H groups in total. The molecule has 45 heavy (non-hydrogen) atoms. The number of benzene rings is 1. The number of halogens is 4. The Labute approximate surface area is 259 Å². The van der Waals surface area contributed by atoms with Gasteiger partial charge in [-0.05, 0) is 50.9 Å². The number of carbonyl (C=O) groups excluding carboxylic acids is 1. The summed E-state index contributed by atoms with van der Waals surface area (Å²) >= 11 is 0. The van der Waals surface area contributed by atoms with Gasteiger partial charge in [0.1, 0.15) is 12.5 Å². The Morgan fingerprint density at radius 3 is 2.33 bits per heavy atom. The first-order chi connectivity index (χ1) is 21.2. The molecule has 2 heterocycles. The van der Waals surface area contributed by atoms with E-state index in [1.165, 1.54) is 43.6 Å². The van der Waals surface area contributed by atoms with E-state index in [2.05, 4.69) is 45.9 Å². The highest BCUT2D eigenvalue weighted by Crippen LogP contribution is 2.30. The van der Waals surface area contributed by atoms with Gasteiger partial charge in [0.05, 0.1) is 17.6 Å². The molecule has 0 bridgehead atoms. The molecule has 0 atom stereocenters. The lowest BCUT2D eigenvalue weighted by molar-refractivity contribution is -0.150. The number of aliphatic carboxylic acids is 1.